The van der Waals surface area contributed by atoms with Gasteiger partial charge in [0.1, 0.15) is 11.4 Å². The molecule has 2 heterocycles. The Balaban J connectivity index is 1.56. The molecule has 4 rings (SSSR count). The zero-order chi connectivity index (χ0) is 26.8. The van der Waals surface area contributed by atoms with Gasteiger partial charge in [-0.2, -0.15) is 0 Å². The second-order valence-electron chi connectivity index (χ2n) is 9.29. The molecule has 1 unspecified atom stereocenters. The number of amides is 2. The summed E-state index contributed by atoms with van der Waals surface area (Å²) in [5.41, 5.74) is 0.359. The van der Waals surface area contributed by atoms with E-state index in [1.807, 2.05) is 4.90 Å². The summed E-state index contributed by atoms with van der Waals surface area (Å²) in [6, 6.07) is 7.75. The SMILES string of the molecule is COc1ncccc1C(=O)Nc1cc(S(C)(=O)=O)ccc1N1CCN(C(=O)C2(C)C=CC(F)=CC2)CC1. The maximum Gasteiger partial charge on any atom is 0.261 e. The van der Waals surface area contributed by atoms with Crippen LogP contribution in [0.5, 0.6) is 5.88 Å². The van der Waals surface area contributed by atoms with Crippen LogP contribution < -0.4 is 15.0 Å². The van der Waals surface area contributed by atoms with E-state index in [0.717, 1.165) is 6.26 Å². The zero-order valence-corrected chi connectivity index (χ0v) is 21.7. The summed E-state index contributed by atoms with van der Waals surface area (Å²) in [6.07, 6.45) is 7.26. The molecule has 0 saturated carbocycles. The Morgan fingerprint density at radius 3 is 2.51 bits per heavy atom. The van der Waals surface area contributed by atoms with Crippen molar-refractivity contribution in [3.05, 3.63) is 66.1 Å². The van der Waals surface area contributed by atoms with Gasteiger partial charge in [0.25, 0.3) is 5.91 Å². The summed E-state index contributed by atoms with van der Waals surface area (Å²) in [5.74, 6) is -0.765. The van der Waals surface area contributed by atoms with Gasteiger partial charge in [0.2, 0.25) is 11.8 Å². The molecule has 1 N–H and O–H groups in total. The van der Waals surface area contributed by atoms with E-state index in [4.69, 9.17) is 4.74 Å². The molecule has 0 spiro atoms. The van der Waals surface area contributed by atoms with E-state index in [9.17, 15) is 22.4 Å². The van der Waals surface area contributed by atoms with Gasteiger partial charge in [-0.05, 0) is 55.8 Å². The number of anilines is 2. The Bertz CT molecular complexity index is 1380. The summed E-state index contributed by atoms with van der Waals surface area (Å²) in [6.45, 7) is 3.57. The Kier molecular flexibility index (Phi) is 7.35. The molecule has 196 valence electrons. The third-order valence-electron chi connectivity index (χ3n) is 6.58. The van der Waals surface area contributed by atoms with Crippen LogP contribution in [0.15, 0.2) is 65.5 Å². The number of methoxy groups -OCH3 is 1. The van der Waals surface area contributed by atoms with Crippen molar-refractivity contribution in [1.82, 2.24) is 9.88 Å². The van der Waals surface area contributed by atoms with E-state index >= 15 is 0 Å². The standard InChI is InChI=1S/C26H29FN4O5S/c1-26(10-8-18(27)9-11-26)25(33)31-15-13-30(14-16-31)22-7-6-19(37(3,34)35)17-21(22)29-23(32)20-5-4-12-28-24(20)36-2/h4-10,12,17H,11,13-16H2,1-3H3,(H,29,32). The maximum absolute atomic E-state index is 13.4. The molecule has 2 aliphatic rings. The van der Waals surface area contributed by atoms with E-state index in [2.05, 4.69) is 10.3 Å². The van der Waals surface area contributed by atoms with Gasteiger partial charge < -0.3 is 19.9 Å². The fourth-order valence-electron chi connectivity index (χ4n) is 4.42. The first-order chi connectivity index (χ1) is 17.5. The Morgan fingerprint density at radius 2 is 1.89 bits per heavy atom. The lowest BCUT2D eigenvalue weighted by Gasteiger charge is -2.40. The Morgan fingerprint density at radius 1 is 1.16 bits per heavy atom. The molecule has 1 aliphatic carbocycles. The molecule has 0 radical (unpaired) electrons. The minimum absolute atomic E-state index is 0.0656. The monoisotopic (exact) mass is 528 g/mol. The molecule has 1 aliphatic heterocycles. The number of piperazine rings is 1. The van der Waals surface area contributed by atoms with Crippen LogP contribution in [0.2, 0.25) is 0 Å². The number of allylic oxidation sites excluding steroid dienone is 3. The minimum atomic E-state index is -3.53. The molecule has 11 heteroatoms. The van der Waals surface area contributed by atoms with Crippen molar-refractivity contribution < 1.29 is 27.1 Å². The van der Waals surface area contributed by atoms with Gasteiger partial charge in [-0.1, -0.05) is 6.08 Å². The summed E-state index contributed by atoms with van der Waals surface area (Å²) in [5, 5.41) is 2.81. The number of aromatic nitrogens is 1. The van der Waals surface area contributed by atoms with Crippen LogP contribution in [0.25, 0.3) is 0 Å². The van der Waals surface area contributed by atoms with Crippen molar-refractivity contribution in [2.45, 2.75) is 18.2 Å². The molecule has 9 nitrogen and oxygen atoms in total. The first-order valence-electron chi connectivity index (χ1n) is 11.8. The van der Waals surface area contributed by atoms with Gasteiger partial charge in [0, 0.05) is 38.6 Å². The van der Waals surface area contributed by atoms with Crippen molar-refractivity contribution >= 4 is 33.0 Å². The maximum atomic E-state index is 13.4. The number of pyridine rings is 1. The number of carbonyl (C=O) groups excluding carboxylic acids is 2. The van der Waals surface area contributed by atoms with E-state index in [1.165, 1.54) is 37.6 Å². The van der Waals surface area contributed by atoms with Crippen LogP contribution in [-0.4, -0.2) is 69.7 Å². The number of rotatable bonds is 6. The number of nitrogens with zero attached hydrogens (tertiary/aromatic N) is 3. The second kappa shape index (κ2) is 10.3. The molecule has 1 aromatic carbocycles. The highest BCUT2D eigenvalue weighted by molar-refractivity contribution is 7.90. The van der Waals surface area contributed by atoms with Crippen LogP contribution in [0, 0.1) is 5.41 Å². The highest BCUT2D eigenvalue weighted by atomic mass is 32.2. The number of nitrogens with one attached hydrogen (secondary N) is 1. The summed E-state index contributed by atoms with van der Waals surface area (Å²) >= 11 is 0. The molecule has 37 heavy (non-hydrogen) atoms. The van der Waals surface area contributed by atoms with Gasteiger partial charge in [-0.15, -0.1) is 0 Å². The first-order valence-corrected chi connectivity index (χ1v) is 13.6. The summed E-state index contributed by atoms with van der Waals surface area (Å²) in [4.78, 5) is 34.1. The van der Waals surface area contributed by atoms with Crippen LogP contribution in [0.4, 0.5) is 15.8 Å². The lowest BCUT2D eigenvalue weighted by Crippen LogP contribution is -2.52. The van der Waals surface area contributed by atoms with Crippen LogP contribution in [-0.2, 0) is 14.6 Å². The number of ether oxygens (including phenoxy) is 1. The van der Waals surface area contributed by atoms with Gasteiger partial charge in [0.15, 0.2) is 9.84 Å². The molecule has 1 aromatic heterocycles. The van der Waals surface area contributed by atoms with Crippen LogP contribution in [0.1, 0.15) is 23.7 Å². The molecule has 1 saturated heterocycles. The van der Waals surface area contributed by atoms with Crippen LogP contribution in [0.3, 0.4) is 0 Å². The van der Waals surface area contributed by atoms with Gasteiger partial charge in [0.05, 0.1) is 28.8 Å². The lowest BCUT2D eigenvalue weighted by molar-refractivity contribution is -0.139. The van der Waals surface area contributed by atoms with E-state index < -0.39 is 21.2 Å². The predicted octanol–water partition coefficient (Wildman–Crippen LogP) is 3.21. The largest absolute Gasteiger partial charge is 0.480 e. The topological polar surface area (TPSA) is 109 Å². The number of hydrogen-bond donors (Lipinski definition) is 1. The minimum Gasteiger partial charge on any atom is -0.480 e. The van der Waals surface area contributed by atoms with E-state index in [1.54, 1.807) is 36.1 Å². The molecule has 2 amide bonds. The number of carbonyl (C=O) groups is 2. The molecular weight excluding hydrogens is 499 g/mol. The van der Waals surface area contributed by atoms with Crippen LogP contribution >= 0.6 is 0 Å². The molecule has 2 aromatic rings. The van der Waals surface area contributed by atoms with Gasteiger partial charge in [-0.3, -0.25) is 9.59 Å². The summed E-state index contributed by atoms with van der Waals surface area (Å²) in [7, 11) is -2.12. The highest BCUT2D eigenvalue weighted by Gasteiger charge is 2.36. The number of sulfone groups is 1. The third kappa shape index (κ3) is 5.66. The van der Waals surface area contributed by atoms with Crippen molar-refractivity contribution in [3.8, 4) is 5.88 Å². The number of halogens is 1. The fraction of sp³-hybridized carbons (Fsp3) is 0.346. The molecule has 0 bridgehead atoms. The average molecular weight is 529 g/mol. The Hall–Kier alpha value is -3.73. The van der Waals surface area contributed by atoms with Crippen molar-refractivity contribution in [1.29, 1.82) is 0 Å². The third-order valence-corrected chi connectivity index (χ3v) is 7.69. The molecule has 1 fully saturated rings. The number of benzene rings is 1. The van der Waals surface area contributed by atoms with E-state index in [-0.39, 0.29) is 28.1 Å². The highest BCUT2D eigenvalue weighted by Crippen LogP contribution is 2.34. The second-order valence-corrected chi connectivity index (χ2v) is 11.3. The summed E-state index contributed by atoms with van der Waals surface area (Å²) < 4.78 is 43.0. The van der Waals surface area contributed by atoms with Gasteiger partial charge >= 0.3 is 0 Å². The van der Waals surface area contributed by atoms with Crippen molar-refractivity contribution in [3.63, 3.8) is 0 Å². The predicted molar refractivity (Wildman–Crippen MR) is 138 cm³/mol. The Labute approximate surface area is 215 Å². The fourth-order valence-corrected chi connectivity index (χ4v) is 5.06. The van der Waals surface area contributed by atoms with Crippen molar-refractivity contribution in [2.24, 2.45) is 5.41 Å². The van der Waals surface area contributed by atoms with Crippen molar-refractivity contribution in [2.75, 3.05) is 49.8 Å². The molecule has 1 atom stereocenters. The quantitative estimate of drug-likeness (QED) is 0.613. The van der Waals surface area contributed by atoms with Gasteiger partial charge in [-0.25, -0.2) is 17.8 Å². The van der Waals surface area contributed by atoms with E-state index in [0.29, 0.717) is 44.0 Å². The first kappa shape index (κ1) is 26.3. The normalized spacial score (nSPS) is 19.8. The average Bonchev–Trinajstić information content (AvgIpc) is 2.89. The smallest absolute Gasteiger partial charge is 0.261 e. The number of hydrogen-bond acceptors (Lipinski definition) is 7. The zero-order valence-electron chi connectivity index (χ0n) is 20.9. The molecular formula is C26H29FN4O5S. The lowest BCUT2D eigenvalue weighted by atomic mass is 9.82.